The van der Waals surface area contributed by atoms with E-state index in [0.717, 1.165) is 33.5 Å². The highest BCUT2D eigenvalue weighted by molar-refractivity contribution is 6.02. The van der Waals surface area contributed by atoms with Crippen molar-refractivity contribution >= 4 is 34.0 Å². The molecular weight excluding hydrogens is 568 g/mol. The number of nitrogens with one attached hydrogen (secondary N) is 3. The molecule has 2 heterocycles. The number of H-pyrrole nitrogens is 1. The quantitative estimate of drug-likeness (QED) is 0.209. The van der Waals surface area contributed by atoms with Gasteiger partial charge in [-0.05, 0) is 54.2 Å². The van der Waals surface area contributed by atoms with Crippen LogP contribution in [-0.4, -0.2) is 51.1 Å². The van der Waals surface area contributed by atoms with Crippen LogP contribution < -0.4 is 29.7 Å². The molecule has 3 N–H and O–H groups in total. The number of Topliss-reactive ketones (excluding diaryl/α,β-unsaturated/α-hetero) is 1. The van der Waals surface area contributed by atoms with Crippen molar-refractivity contribution < 1.29 is 23.8 Å². The number of benzene rings is 3. The van der Waals surface area contributed by atoms with Crippen LogP contribution in [0.25, 0.3) is 10.9 Å². The van der Waals surface area contributed by atoms with E-state index in [1.165, 1.54) is 0 Å². The highest BCUT2D eigenvalue weighted by Crippen LogP contribution is 2.52. The zero-order chi connectivity index (χ0) is 31.7. The van der Waals surface area contributed by atoms with Gasteiger partial charge in [0, 0.05) is 46.9 Å². The van der Waals surface area contributed by atoms with Crippen molar-refractivity contribution in [2.24, 2.45) is 5.41 Å². The number of aromatic nitrogens is 1. The molecule has 234 valence electrons. The summed E-state index contributed by atoms with van der Waals surface area (Å²) in [5.74, 6) is 1.28. The maximum absolute atomic E-state index is 14.1. The molecule has 9 heteroatoms. The number of carbonyl (C=O) groups is 2. The van der Waals surface area contributed by atoms with Crippen molar-refractivity contribution in [3.8, 4) is 17.2 Å². The van der Waals surface area contributed by atoms with Crippen molar-refractivity contribution in [3.63, 3.8) is 0 Å². The molecule has 1 aliphatic carbocycles. The van der Waals surface area contributed by atoms with Crippen LogP contribution in [-0.2, 0) is 16.0 Å². The van der Waals surface area contributed by atoms with Gasteiger partial charge in [-0.25, -0.2) is 0 Å². The minimum atomic E-state index is -0.631. The predicted molar refractivity (Wildman–Crippen MR) is 176 cm³/mol. The van der Waals surface area contributed by atoms with Crippen LogP contribution in [0.3, 0.4) is 0 Å². The molecule has 1 amide bonds. The Bertz CT molecular complexity index is 1790. The second-order valence-electron chi connectivity index (χ2n) is 12.4. The van der Waals surface area contributed by atoms with E-state index in [-0.39, 0.29) is 23.7 Å². The summed E-state index contributed by atoms with van der Waals surface area (Å²) in [5, 5.41) is 7.88. The van der Waals surface area contributed by atoms with Crippen LogP contribution in [0.2, 0.25) is 0 Å². The normalized spacial score (nSPS) is 17.2. The van der Waals surface area contributed by atoms with Crippen molar-refractivity contribution in [2.45, 2.75) is 39.2 Å². The van der Waals surface area contributed by atoms with Crippen LogP contribution in [0.1, 0.15) is 43.9 Å². The van der Waals surface area contributed by atoms with E-state index in [1.54, 1.807) is 21.3 Å². The summed E-state index contributed by atoms with van der Waals surface area (Å²) < 4.78 is 17.3. The molecule has 1 atom stereocenters. The summed E-state index contributed by atoms with van der Waals surface area (Å²) in [4.78, 5) is 33.2. The van der Waals surface area contributed by atoms with E-state index in [4.69, 9.17) is 14.2 Å². The van der Waals surface area contributed by atoms with Crippen LogP contribution in [0.5, 0.6) is 17.2 Å². The lowest BCUT2D eigenvalue weighted by Crippen LogP contribution is -2.42. The highest BCUT2D eigenvalue weighted by Gasteiger charge is 2.43. The summed E-state index contributed by atoms with van der Waals surface area (Å²) in [6, 6.07) is 19.1. The number of rotatable bonds is 9. The second-order valence-corrected chi connectivity index (χ2v) is 12.4. The van der Waals surface area contributed by atoms with E-state index in [2.05, 4.69) is 35.5 Å². The molecule has 4 aromatic rings. The molecule has 2 aliphatic rings. The molecule has 0 spiro atoms. The number of ether oxygens (including phenoxy) is 3. The van der Waals surface area contributed by atoms with E-state index >= 15 is 0 Å². The first-order chi connectivity index (χ1) is 21.7. The molecule has 1 aliphatic heterocycles. The van der Waals surface area contributed by atoms with Crippen LogP contribution in [0, 0.1) is 5.41 Å². The summed E-state index contributed by atoms with van der Waals surface area (Å²) in [6.07, 6.45) is 3.75. The van der Waals surface area contributed by atoms with Gasteiger partial charge in [0.15, 0.2) is 17.3 Å². The van der Waals surface area contributed by atoms with Crippen LogP contribution in [0.4, 0.5) is 11.4 Å². The molecule has 0 saturated carbocycles. The third kappa shape index (κ3) is 5.70. The Kier molecular flexibility index (Phi) is 8.18. The van der Waals surface area contributed by atoms with Gasteiger partial charge in [0.05, 0.1) is 45.3 Å². The molecule has 1 aromatic heterocycles. The number of para-hydroxylation sites is 3. The molecule has 0 bridgehead atoms. The van der Waals surface area contributed by atoms with Gasteiger partial charge < -0.3 is 34.7 Å². The minimum absolute atomic E-state index is 0.0161. The van der Waals surface area contributed by atoms with E-state index < -0.39 is 6.04 Å². The number of hydrogen-bond donors (Lipinski definition) is 3. The van der Waals surface area contributed by atoms with E-state index in [9.17, 15) is 9.59 Å². The first-order valence-corrected chi connectivity index (χ1v) is 15.2. The predicted octanol–water partition coefficient (Wildman–Crippen LogP) is 6.17. The van der Waals surface area contributed by atoms with Gasteiger partial charge in [-0.2, -0.15) is 0 Å². The summed E-state index contributed by atoms with van der Waals surface area (Å²) in [6.45, 7) is 4.71. The number of allylic oxidation sites excluding steroid dienone is 1. The topological polar surface area (TPSA) is 105 Å². The van der Waals surface area contributed by atoms with E-state index in [1.807, 2.05) is 65.7 Å². The number of ketones is 1. The average molecular weight is 609 g/mol. The number of methoxy groups -OCH3 is 3. The number of hydrogen-bond acceptors (Lipinski definition) is 7. The van der Waals surface area contributed by atoms with Gasteiger partial charge in [0.25, 0.3) is 0 Å². The summed E-state index contributed by atoms with van der Waals surface area (Å²) in [5.41, 5.74) is 5.84. The van der Waals surface area contributed by atoms with Gasteiger partial charge in [-0.1, -0.05) is 44.2 Å². The number of aromatic amines is 1. The molecule has 0 radical (unpaired) electrons. The zero-order valence-electron chi connectivity index (χ0n) is 26.5. The monoisotopic (exact) mass is 608 g/mol. The summed E-state index contributed by atoms with van der Waals surface area (Å²) in [7, 11) is 4.71. The maximum atomic E-state index is 14.1. The van der Waals surface area contributed by atoms with Gasteiger partial charge in [-0.3, -0.25) is 9.59 Å². The fourth-order valence-electron chi connectivity index (χ4n) is 6.78. The lowest BCUT2D eigenvalue weighted by molar-refractivity contribution is -0.120. The Morgan fingerprint density at radius 3 is 2.49 bits per heavy atom. The maximum Gasteiger partial charge on any atom is 0.239 e. The third-order valence-electron chi connectivity index (χ3n) is 8.74. The minimum Gasteiger partial charge on any atom is -0.493 e. The number of carbonyl (C=O) groups excluding carboxylic acids is 2. The van der Waals surface area contributed by atoms with Crippen LogP contribution in [0.15, 0.2) is 78.1 Å². The fourth-order valence-corrected chi connectivity index (χ4v) is 6.78. The second kappa shape index (κ2) is 12.2. The van der Waals surface area contributed by atoms with Crippen molar-refractivity contribution in [1.82, 2.24) is 10.3 Å². The first-order valence-electron chi connectivity index (χ1n) is 15.2. The number of fused-ring (bicyclic) bond motifs is 2. The van der Waals surface area contributed by atoms with Gasteiger partial charge in [-0.15, -0.1) is 0 Å². The van der Waals surface area contributed by atoms with Gasteiger partial charge >= 0.3 is 0 Å². The third-order valence-corrected chi connectivity index (χ3v) is 8.74. The lowest BCUT2D eigenvalue weighted by Gasteiger charge is -2.38. The van der Waals surface area contributed by atoms with Crippen molar-refractivity contribution in [2.75, 3.05) is 44.6 Å². The van der Waals surface area contributed by atoms with Crippen LogP contribution >= 0.6 is 0 Å². The molecular formula is C36H40N4O5. The first kappa shape index (κ1) is 30.1. The van der Waals surface area contributed by atoms with Crippen molar-refractivity contribution in [3.05, 3.63) is 89.3 Å². The Morgan fingerprint density at radius 2 is 1.71 bits per heavy atom. The number of anilines is 2. The Balaban J connectivity index is 1.41. The smallest absolute Gasteiger partial charge is 0.239 e. The highest BCUT2D eigenvalue weighted by atomic mass is 16.5. The number of amides is 1. The summed E-state index contributed by atoms with van der Waals surface area (Å²) >= 11 is 0. The lowest BCUT2D eigenvalue weighted by atomic mass is 9.73. The average Bonchev–Trinajstić information content (AvgIpc) is 3.38. The molecule has 45 heavy (non-hydrogen) atoms. The number of nitrogens with zero attached hydrogens (tertiary/aromatic N) is 1. The molecule has 0 saturated heterocycles. The fraction of sp³-hybridized carbons (Fsp3) is 0.333. The Hall–Kier alpha value is -4.92. The van der Waals surface area contributed by atoms with Gasteiger partial charge in [0.1, 0.15) is 0 Å². The SMILES string of the molecule is COc1ccc(C2C3=C(CC(C)(C)CC3=O)Nc3ccccc3N2CC(=O)NCCc2c[nH]c3ccccc23)c(OC)c1OC. The Morgan fingerprint density at radius 1 is 0.956 bits per heavy atom. The zero-order valence-corrected chi connectivity index (χ0v) is 26.5. The van der Waals surface area contributed by atoms with Crippen molar-refractivity contribution in [1.29, 1.82) is 0 Å². The van der Waals surface area contributed by atoms with Gasteiger partial charge in [0.2, 0.25) is 11.7 Å². The molecule has 9 nitrogen and oxygen atoms in total. The molecule has 3 aromatic carbocycles. The van der Waals surface area contributed by atoms with E-state index in [0.29, 0.717) is 54.2 Å². The molecule has 6 rings (SSSR count). The largest absolute Gasteiger partial charge is 0.493 e. The Labute approximate surface area is 263 Å². The molecule has 0 fully saturated rings. The standard InChI is InChI=1S/C36H40N4O5/c1-36(2)18-27-32(29(41)19-36)33(24-14-15-30(43-3)35(45-5)34(24)44-4)40(28-13-9-8-12-26(28)39-27)21-31(42)37-17-16-22-20-38-25-11-7-6-10-23(22)25/h6-15,20,33,38-39H,16-19,21H2,1-5H3,(H,37,42). The molecule has 1 unspecified atom stereocenters.